The number of rotatable bonds is 8. The summed E-state index contributed by atoms with van der Waals surface area (Å²) in [6.45, 7) is 8.43. The number of esters is 1. The molecule has 1 unspecified atom stereocenters. The van der Waals surface area contributed by atoms with E-state index in [0.29, 0.717) is 61.1 Å². The number of urea groups is 2. The molecule has 11 nitrogen and oxygen atoms in total. The Hall–Kier alpha value is -3.47. The van der Waals surface area contributed by atoms with Gasteiger partial charge in [0, 0.05) is 57.1 Å². The highest BCUT2D eigenvalue weighted by Crippen LogP contribution is 2.40. The standard InChI is InChI=1S/C25H37N5O6/c1-7-36-23(31)20-18(15-29-11-13-30(14-12-29)25(33)26-16(2)3)28(4)24(32)27-21(20)17-9-8-10-19(34-5)22(17)35-6/h8-10,16,21H,7,11-15H2,1-6H3,(H,26,33)(H,27,32). The van der Waals surface area contributed by atoms with Crippen molar-refractivity contribution in [2.75, 3.05) is 60.6 Å². The summed E-state index contributed by atoms with van der Waals surface area (Å²) in [6, 6.07) is 4.17. The third-order valence-electron chi connectivity index (χ3n) is 6.26. The number of hydrogen-bond acceptors (Lipinski definition) is 7. The van der Waals surface area contributed by atoms with Gasteiger partial charge in [-0.1, -0.05) is 12.1 Å². The predicted molar refractivity (Wildman–Crippen MR) is 134 cm³/mol. The molecule has 0 aromatic heterocycles. The second-order valence-electron chi connectivity index (χ2n) is 8.97. The van der Waals surface area contributed by atoms with Crippen molar-refractivity contribution >= 4 is 18.0 Å². The van der Waals surface area contributed by atoms with E-state index in [0.717, 1.165) is 0 Å². The zero-order valence-corrected chi connectivity index (χ0v) is 21.9. The molecule has 1 aromatic carbocycles. The first kappa shape index (κ1) is 27.1. The van der Waals surface area contributed by atoms with Crippen LogP contribution in [0.1, 0.15) is 32.4 Å². The summed E-state index contributed by atoms with van der Waals surface area (Å²) < 4.78 is 16.5. The molecule has 11 heteroatoms. The predicted octanol–water partition coefficient (Wildman–Crippen LogP) is 1.95. The Balaban J connectivity index is 1.95. The highest BCUT2D eigenvalue weighted by Gasteiger charge is 2.39. The lowest BCUT2D eigenvalue weighted by atomic mass is 9.93. The Bertz CT molecular complexity index is 1000. The van der Waals surface area contributed by atoms with Crippen LogP contribution in [0, 0.1) is 0 Å². The number of nitrogens with one attached hydrogen (secondary N) is 2. The molecular weight excluding hydrogens is 466 g/mol. The van der Waals surface area contributed by atoms with Crippen LogP contribution in [0.3, 0.4) is 0 Å². The summed E-state index contributed by atoms with van der Waals surface area (Å²) in [5.74, 6) is 0.411. The van der Waals surface area contributed by atoms with Crippen LogP contribution in [0.4, 0.5) is 9.59 Å². The van der Waals surface area contributed by atoms with E-state index in [9.17, 15) is 14.4 Å². The van der Waals surface area contributed by atoms with E-state index in [2.05, 4.69) is 15.5 Å². The van der Waals surface area contributed by atoms with Gasteiger partial charge < -0.3 is 29.7 Å². The summed E-state index contributed by atoms with van der Waals surface area (Å²) in [6.07, 6.45) is 0. The van der Waals surface area contributed by atoms with Crippen molar-refractivity contribution in [3.63, 3.8) is 0 Å². The highest BCUT2D eigenvalue weighted by atomic mass is 16.5. The van der Waals surface area contributed by atoms with Gasteiger partial charge in [-0.2, -0.15) is 0 Å². The minimum atomic E-state index is -0.786. The monoisotopic (exact) mass is 503 g/mol. The van der Waals surface area contributed by atoms with Crippen LogP contribution in [0.25, 0.3) is 0 Å². The zero-order chi connectivity index (χ0) is 26.4. The van der Waals surface area contributed by atoms with Crippen LogP contribution < -0.4 is 20.1 Å². The summed E-state index contributed by atoms with van der Waals surface area (Å²) >= 11 is 0. The lowest BCUT2D eigenvalue weighted by Crippen LogP contribution is -2.55. The molecule has 1 saturated heterocycles. The number of nitrogens with zero attached hydrogens (tertiary/aromatic N) is 3. The minimum Gasteiger partial charge on any atom is -0.493 e. The Kier molecular flexibility index (Phi) is 9.03. The number of likely N-dealkylation sites (N-methyl/N-ethyl adjacent to an activating group) is 1. The third kappa shape index (κ3) is 5.84. The Labute approximate surface area is 212 Å². The number of methoxy groups -OCH3 is 2. The maximum absolute atomic E-state index is 13.3. The van der Waals surface area contributed by atoms with Gasteiger partial charge in [0.25, 0.3) is 0 Å². The zero-order valence-electron chi connectivity index (χ0n) is 21.9. The quantitative estimate of drug-likeness (QED) is 0.522. The average Bonchev–Trinajstić information content (AvgIpc) is 2.86. The minimum absolute atomic E-state index is 0.0627. The van der Waals surface area contributed by atoms with Crippen LogP contribution in [0.5, 0.6) is 11.5 Å². The largest absolute Gasteiger partial charge is 0.493 e. The van der Waals surface area contributed by atoms with Gasteiger partial charge >= 0.3 is 18.0 Å². The first-order valence-corrected chi connectivity index (χ1v) is 12.1. The Morgan fingerprint density at radius 1 is 1.14 bits per heavy atom. The topological polar surface area (TPSA) is 113 Å². The molecule has 1 aromatic rings. The lowest BCUT2D eigenvalue weighted by molar-refractivity contribution is -0.139. The van der Waals surface area contributed by atoms with Crippen molar-refractivity contribution in [3.8, 4) is 11.5 Å². The number of piperazine rings is 1. The normalized spacial score (nSPS) is 18.8. The fourth-order valence-corrected chi connectivity index (χ4v) is 4.43. The average molecular weight is 504 g/mol. The maximum atomic E-state index is 13.3. The van der Waals surface area contributed by atoms with Crippen LogP contribution >= 0.6 is 0 Å². The van der Waals surface area contributed by atoms with Crippen molar-refractivity contribution in [1.29, 1.82) is 0 Å². The van der Waals surface area contributed by atoms with Crippen molar-refractivity contribution in [2.24, 2.45) is 0 Å². The smallest absolute Gasteiger partial charge is 0.338 e. The molecule has 198 valence electrons. The van der Waals surface area contributed by atoms with E-state index >= 15 is 0 Å². The summed E-state index contributed by atoms with van der Waals surface area (Å²) in [5, 5.41) is 5.83. The van der Waals surface area contributed by atoms with Crippen LogP contribution in [-0.2, 0) is 9.53 Å². The van der Waals surface area contributed by atoms with Gasteiger partial charge in [0.15, 0.2) is 11.5 Å². The molecule has 0 aliphatic carbocycles. The van der Waals surface area contributed by atoms with E-state index in [-0.39, 0.29) is 24.7 Å². The molecule has 1 atom stereocenters. The van der Waals surface area contributed by atoms with Crippen LogP contribution in [0.15, 0.2) is 29.5 Å². The molecule has 4 amide bonds. The van der Waals surface area contributed by atoms with Gasteiger partial charge in [-0.3, -0.25) is 9.80 Å². The number of amides is 4. The first-order chi connectivity index (χ1) is 17.2. The molecule has 2 heterocycles. The van der Waals surface area contributed by atoms with Crippen LogP contribution in [0.2, 0.25) is 0 Å². The maximum Gasteiger partial charge on any atom is 0.338 e. The first-order valence-electron chi connectivity index (χ1n) is 12.1. The second kappa shape index (κ2) is 12.0. The lowest BCUT2D eigenvalue weighted by Gasteiger charge is -2.39. The van der Waals surface area contributed by atoms with E-state index < -0.39 is 12.0 Å². The van der Waals surface area contributed by atoms with Gasteiger partial charge in [0.05, 0.1) is 32.4 Å². The number of benzene rings is 1. The fraction of sp³-hybridized carbons (Fsp3) is 0.560. The highest BCUT2D eigenvalue weighted by molar-refractivity contribution is 5.95. The number of para-hydroxylation sites is 1. The van der Waals surface area contributed by atoms with Crippen molar-refractivity contribution in [2.45, 2.75) is 32.9 Å². The molecule has 0 spiro atoms. The van der Waals surface area contributed by atoms with E-state index in [1.807, 2.05) is 13.8 Å². The number of carbonyl (C=O) groups is 3. The molecule has 1 fully saturated rings. The number of carbonyl (C=O) groups excluding carboxylic acids is 3. The van der Waals surface area contributed by atoms with Gasteiger partial charge in [0.2, 0.25) is 0 Å². The summed E-state index contributed by atoms with van der Waals surface area (Å²) in [4.78, 5) is 44.0. The molecule has 0 saturated carbocycles. The molecular formula is C25H37N5O6. The van der Waals surface area contributed by atoms with Crippen molar-refractivity contribution in [3.05, 3.63) is 35.0 Å². The molecule has 0 bridgehead atoms. The van der Waals surface area contributed by atoms with E-state index in [4.69, 9.17) is 14.2 Å². The second-order valence-corrected chi connectivity index (χ2v) is 8.97. The molecule has 2 aliphatic heterocycles. The fourth-order valence-electron chi connectivity index (χ4n) is 4.43. The molecule has 36 heavy (non-hydrogen) atoms. The van der Waals surface area contributed by atoms with Gasteiger partial charge in [-0.25, -0.2) is 14.4 Å². The van der Waals surface area contributed by atoms with Crippen molar-refractivity contribution in [1.82, 2.24) is 25.3 Å². The SMILES string of the molecule is CCOC(=O)C1=C(CN2CCN(C(=O)NC(C)C)CC2)N(C)C(=O)NC1c1cccc(OC)c1OC. The summed E-state index contributed by atoms with van der Waals surface area (Å²) in [5.41, 5.74) is 1.48. The molecule has 2 aliphatic rings. The van der Waals surface area contributed by atoms with E-state index in [1.165, 1.54) is 19.1 Å². The van der Waals surface area contributed by atoms with Gasteiger partial charge in [-0.05, 0) is 26.8 Å². The summed E-state index contributed by atoms with van der Waals surface area (Å²) in [7, 11) is 4.68. The van der Waals surface area contributed by atoms with Crippen molar-refractivity contribution < 1.29 is 28.6 Å². The molecule has 0 radical (unpaired) electrons. The molecule has 3 rings (SSSR count). The van der Waals surface area contributed by atoms with Gasteiger partial charge in [0.1, 0.15) is 0 Å². The number of ether oxygens (including phenoxy) is 3. The third-order valence-corrected chi connectivity index (χ3v) is 6.26. The number of hydrogen-bond donors (Lipinski definition) is 2. The van der Waals surface area contributed by atoms with Gasteiger partial charge in [-0.15, -0.1) is 0 Å². The van der Waals surface area contributed by atoms with E-state index in [1.54, 1.807) is 37.1 Å². The Morgan fingerprint density at radius 3 is 2.42 bits per heavy atom. The van der Waals surface area contributed by atoms with Crippen LogP contribution in [-0.4, -0.2) is 99.4 Å². The molecule has 2 N–H and O–H groups in total. The Morgan fingerprint density at radius 2 is 1.83 bits per heavy atom.